The second kappa shape index (κ2) is 6.12. The van der Waals surface area contributed by atoms with E-state index in [1.807, 2.05) is 4.90 Å². The molecule has 0 atom stereocenters. The Kier molecular flexibility index (Phi) is 4.49. The number of carbonyl (C=O) groups excluding carboxylic acids is 1. The third-order valence-corrected chi connectivity index (χ3v) is 4.18. The normalized spacial score (nSPS) is 17.3. The third-order valence-electron chi connectivity index (χ3n) is 2.90. The molecule has 19 heavy (non-hydrogen) atoms. The highest BCUT2D eigenvalue weighted by atomic mass is 32.2. The number of carbonyl (C=O) groups is 1. The Bertz CT molecular complexity index is 500. The highest BCUT2D eigenvalue weighted by molar-refractivity contribution is 7.85. The molecule has 3 N–H and O–H groups in total. The Labute approximate surface area is 113 Å². The Balaban J connectivity index is 1.90. The van der Waals surface area contributed by atoms with Crippen LogP contribution in [0.3, 0.4) is 0 Å². The van der Waals surface area contributed by atoms with E-state index in [0.29, 0.717) is 30.3 Å². The number of hydrogen-bond donors (Lipinski definition) is 2. The molecule has 0 aliphatic carbocycles. The van der Waals surface area contributed by atoms with Gasteiger partial charge < -0.3 is 11.1 Å². The summed E-state index contributed by atoms with van der Waals surface area (Å²) in [6.45, 7) is 1.42. The molecule has 1 aliphatic rings. The van der Waals surface area contributed by atoms with E-state index in [-0.39, 0.29) is 18.1 Å². The van der Waals surface area contributed by atoms with Gasteiger partial charge in [-0.1, -0.05) is 0 Å². The first-order chi connectivity index (χ1) is 9.04. The number of nitrogens with zero attached hydrogens (tertiary/aromatic N) is 1. The lowest BCUT2D eigenvalue weighted by Crippen LogP contribution is -2.42. The minimum Gasteiger partial charge on any atom is -0.399 e. The van der Waals surface area contributed by atoms with Crippen molar-refractivity contribution in [3.05, 3.63) is 24.0 Å². The number of rotatable bonds is 3. The highest BCUT2D eigenvalue weighted by Gasteiger charge is 2.18. The monoisotopic (exact) mass is 285 g/mol. The van der Waals surface area contributed by atoms with E-state index in [2.05, 4.69) is 5.32 Å². The Hall–Kier alpha value is -1.47. The maximum atomic E-state index is 13.4. The molecule has 1 aromatic rings. The fourth-order valence-corrected chi connectivity index (χ4v) is 2.99. The van der Waals surface area contributed by atoms with Crippen LogP contribution < -0.4 is 11.1 Å². The molecule has 5 nitrogen and oxygen atoms in total. The van der Waals surface area contributed by atoms with Crippen LogP contribution in [0.5, 0.6) is 0 Å². The van der Waals surface area contributed by atoms with Crippen LogP contribution in [-0.4, -0.2) is 46.2 Å². The van der Waals surface area contributed by atoms with E-state index in [0.717, 1.165) is 0 Å². The molecule has 1 saturated heterocycles. The van der Waals surface area contributed by atoms with Crippen molar-refractivity contribution < 1.29 is 13.4 Å². The maximum absolute atomic E-state index is 13.4. The van der Waals surface area contributed by atoms with Crippen molar-refractivity contribution in [2.75, 3.05) is 42.2 Å². The van der Waals surface area contributed by atoms with E-state index in [1.54, 1.807) is 0 Å². The lowest BCUT2D eigenvalue weighted by atomic mass is 10.2. The number of nitrogens with two attached hydrogens (primary N) is 1. The first-order valence-corrected chi connectivity index (χ1v) is 7.45. The molecule has 0 saturated carbocycles. The van der Waals surface area contributed by atoms with Gasteiger partial charge in [-0.2, -0.15) is 0 Å². The molecular weight excluding hydrogens is 269 g/mol. The van der Waals surface area contributed by atoms with Crippen molar-refractivity contribution in [1.82, 2.24) is 4.90 Å². The second-order valence-electron chi connectivity index (χ2n) is 4.41. The molecule has 0 unspecified atom stereocenters. The molecular formula is C12H16FN3O2S. The van der Waals surface area contributed by atoms with E-state index in [4.69, 9.17) is 5.73 Å². The van der Waals surface area contributed by atoms with Crippen LogP contribution in [0.15, 0.2) is 18.2 Å². The molecule has 0 radical (unpaired) electrons. The third kappa shape index (κ3) is 4.00. The lowest BCUT2D eigenvalue weighted by Gasteiger charge is -2.25. The number of halogens is 1. The van der Waals surface area contributed by atoms with Crippen molar-refractivity contribution in [3.63, 3.8) is 0 Å². The van der Waals surface area contributed by atoms with E-state index < -0.39 is 16.6 Å². The fraction of sp³-hybridized carbons (Fsp3) is 0.417. The molecule has 0 spiro atoms. The van der Waals surface area contributed by atoms with Crippen molar-refractivity contribution >= 4 is 28.1 Å². The zero-order chi connectivity index (χ0) is 13.8. The lowest BCUT2D eigenvalue weighted by molar-refractivity contribution is -0.117. The van der Waals surface area contributed by atoms with Crippen LogP contribution in [0.25, 0.3) is 0 Å². The molecule has 0 bridgehead atoms. The van der Waals surface area contributed by atoms with Gasteiger partial charge in [-0.15, -0.1) is 0 Å². The summed E-state index contributed by atoms with van der Waals surface area (Å²) >= 11 is 0. The molecule has 1 aromatic carbocycles. The minimum absolute atomic E-state index is 0.0885. The summed E-state index contributed by atoms with van der Waals surface area (Å²) in [5.41, 5.74) is 6.02. The van der Waals surface area contributed by atoms with E-state index in [9.17, 15) is 13.4 Å². The van der Waals surface area contributed by atoms with Gasteiger partial charge >= 0.3 is 0 Å². The van der Waals surface area contributed by atoms with Crippen molar-refractivity contribution in [2.45, 2.75) is 0 Å². The molecule has 1 heterocycles. The standard InChI is InChI=1S/C12H16FN3O2S/c13-10-2-1-9(14)7-11(10)15-12(17)8-16-3-5-19(18)6-4-16/h1-2,7H,3-6,8,14H2,(H,15,17). The molecule has 1 aliphatic heterocycles. The molecule has 7 heteroatoms. The highest BCUT2D eigenvalue weighted by Crippen LogP contribution is 2.17. The molecule has 0 aromatic heterocycles. The number of nitrogen functional groups attached to an aromatic ring is 1. The zero-order valence-corrected chi connectivity index (χ0v) is 11.2. The molecule has 1 amide bonds. The number of benzene rings is 1. The van der Waals surface area contributed by atoms with E-state index in [1.165, 1.54) is 18.2 Å². The van der Waals surface area contributed by atoms with Gasteiger partial charge in [-0.05, 0) is 18.2 Å². The van der Waals surface area contributed by atoms with Gasteiger partial charge in [0.2, 0.25) is 5.91 Å². The quantitative estimate of drug-likeness (QED) is 0.789. The largest absolute Gasteiger partial charge is 0.399 e. The zero-order valence-electron chi connectivity index (χ0n) is 10.4. The smallest absolute Gasteiger partial charge is 0.238 e. The van der Waals surface area contributed by atoms with Crippen LogP contribution in [0, 0.1) is 5.82 Å². The summed E-state index contributed by atoms with van der Waals surface area (Å²) in [5, 5.41) is 2.50. The minimum atomic E-state index is -0.770. The van der Waals surface area contributed by atoms with Gasteiger partial charge in [0.1, 0.15) is 5.82 Å². The summed E-state index contributed by atoms with van der Waals surface area (Å²) in [5.74, 6) is 0.360. The number of nitrogens with one attached hydrogen (secondary N) is 1. The topological polar surface area (TPSA) is 75.4 Å². The Morgan fingerprint density at radius 2 is 2.11 bits per heavy atom. The Morgan fingerprint density at radius 1 is 1.42 bits per heavy atom. The van der Waals surface area contributed by atoms with Crippen molar-refractivity contribution in [2.24, 2.45) is 0 Å². The van der Waals surface area contributed by atoms with Crippen molar-refractivity contribution in [1.29, 1.82) is 0 Å². The summed E-state index contributed by atoms with van der Waals surface area (Å²) < 4.78 is 24.6. The summed E-state index contributed by atoms with van der Waals surface area (Å²) in [7, 11) is -0.770. The van der Waals surface area contributed by atoms with Crippen LogP contribution in [0.4, 0.5) is 15.8 Å². The fourth-order valence-electron chi connectivity index (χ4n) is 1.87. The average Bonchev–Trinajstić information content (AvgIpc) is 2.37. The summed E-state index contributed by atoms with van der Waals surface area (Å²) in [4.78, 5) is 13.7. The van der Waals surface area contributed by atoms with Crippen LogP contribution in [-0.2, 0) is 15.6 Å². The van der Waals surface area contributed by atoms with Gasteiger partial charge in [-0.25, -0.2) is 4.39 Å². The second-order valence-corrected chi connectivity index (χ2v) is 6.11. The first kappa shape index (κ1) is 14.0. The summed E-state index contributed by atoms with van der Waals surface area (Å²) in [6, 6.07) is 4.04. The first-order valence-electron chi connectivity index (χ1n) is 5.97. The van der Waals surface area contributed by atoms with Crippen molar-refractivity contribution in [3.8, 4) is 0 Å². The molecule has 2 rings (SSSR count). The van der Waals surface area contributed by atoms with Gasteiger partial charge in [0, 0.05) is 41.1 Å². The van der Waals surface area contributed by atoms with E-state index >= 15 is 0 Å². The average molecular weight is 285 g/mol. The number of anilines is 2. The van der Waals surface area contributed by atoms with Crippen LogP contribution in [0.2, 0.25) is 0 Å². The van der Waals surface area contributed by atoms with Crippen LogP contribution >= 0.6 is 0 Å². The number of hydrogen-bond acceptors (Lipinski definition) is 4. The SMILES string of the molecule is Nc1ccc(F)c(NC(=O)CN2CCS(=O)CC2)c1. The van der Waals surface area contributed by atoms with Gasteiger partial charge in [0.05, 0.1) is 12.2 Å². The molecule has 104 valence electrons. The van der Waals surface area contributed by atoms with Crippen LogP contribution in [0.1, 0.15) is 0 Å². The predicted octanol–water partition coefficient (Wildman–Crippen LogP) is 0.411. The van der Waals surface area contributed by atoms with Gasteiger partial charge in [-0.3, -0.25) is 13.9 Å². The summed E-state index contributed by atoms with van der Waals surface area (Å²) in [6.07, 6.45) is 0. The predicted molar refractivity (Wildman–Crippen MR) is 73.8 cm³/mol. The molecule has 1 fully saturated rings. The Morgan fingerprint density at radius 3 is 2.79 bits per heavy atom. The number of amides is 1. The van der Waals surface area contributed by atoms with Gasteiger partial charge in [0.15, 0.2) is 0 Å². The van der Waals surface area contributed by atoms with Gasteiger partial charge in [0.25, 0.3) is 0 Å². The maximum Gasteiger partial charge on any atom is 0.238 e.